The van der Waals surface area contributed by atoms with E-state index in [2.05, 4.69) is 4.98 Å². The number of para-hydroxylation sites is 1. The van der Waals surface area contributed by atoms with Gasteiger partial charge in [0, 0.05) is 37.3 Å². The van der Waals surface area contributed by atoms with Crippen LogP contribution in [0.15, 0.2) is 24.3 Å². The fourth-order valence-corrected chi connectivity index (χ4v) is 4.09. The quantitative estimate of drug-likeness (QED) is 0.717. The molecule has 1 aliphatic carbocycles. The summed E-state index contributed by atoms with van der Waals surface area (Å²) in [5.41, 5.74) is 3.19. The SMILES string of the molecule is CCOC(=O)N1CCN(C(=O)COC(=O)c2c3c(nc4ccccc24)CCC3)CC1. The zero-order valence-electron chi connectivity index (χ0n) is 17.1. The Hall–Kier alpha value is -3.16. The van der Waals surface area contributed by atoms with Crippen molar-refractivity contribution >= 4 is 28.9 Å². The molecule has 0 unspecified atom stereocenters. The van der Waals surface area contributed by atoms with Gasteiger partial charge in [0.05, 0.1) is 17.7 Å². The maximum absolute atomic E-state index is 12.9. The molecular formula is C22H25N3O5. The van der Waals surface area contributed by atoms with Crippen molar-refractivity contribution in [2.75, 3.05) is 39.4 Å². The Balaban J connectivity index is 1.40. The number of hydrogen-bond donors (Lipinski definition) is 0. The van der Waals surface area contributed by atoms with Gasteiger partial charge in [-0.2, -0.15) is 0 Å². The Morgan fingerprint density at radius 2 is 1.73 bits per heavy atom. The molecule has 0 spiro atoms. The molecule has 2 aromatic rings. The van der Waals surface area contributed by atoms with Gasteiger partial charge in [0.1, 0.15) is 0 Å². The molecule has 8 nitrogen and oxygen atoms in total. The van der Waals surface area contributed by atoms with Crippen LogP contribution in [-0.2, 0) is 27.1 Å². The number of ether oxygens (including phenoxy) is 2. The van der Waals surface area contributed by atoms with Crippen molar-refractivity contribution in [3.8, 4) is 0 Å². The first-order valence-corrected chi connectivity index (χ1v) is 10.4. The maximum Gasteiger partial charge on any atom is 0.409 e. The number of esters is 1. The van der Waals surface area contributed by atoms with Crippen molar-refractivity contribution in [2.24, 2.45) is 0 Å². The Labute approximate surface area is 174 Å². The Morgan fingerprint density at radius 3 is 2.50 bits per heavy atom. The van der Waals surface area contributed by atoms with Gasteiger partial charge in [-0.3, -0.25) is 9.78 Å². The largest absolute Gasteiger partial charge is 0.452 e. The molecule has 2 heterocycles. The number of fused-ring (bicyclic) bond motifs is 2. The van der Waals surface area contributed by atoms with E-state index in [1.54, 1.807) is 16.7 Å². The maximum atomic E-state index is 12.9. The summed E-state index contributed by atoms with van der Waals surface area (Å²) < 4.78 is 10.4. The highest BCUT2D eigenvalue weighted by molar-refractivity contribution is 6.05. The minimum atomic E-state index is -0.481. The van der Waals surface area contributed by atoms with E-state index in [1.165, 1.54) is 0 Å². The van der Waals surface area contributed by atoms with Crippen LogP contribution in [0.2, 0.25) is 0 Å². The normalized spacial score (nSPS) is 15.8. The zero-order valence-corrected chi connectivity index (χ0v) is 17.1. The van der Waals surface area contributed by atoms with Gasteiger partial charge < -0.3 is 19.3 Å². The van der Waals surface area contributed by atoms with Crippen LogP contribution in [0, 0.1) is 0 Å². The standard InChI is InChI=1S/C22H25N3O5/c1-2-29-22(28)25-12-10-24(11-13-25)19(26)14-30-21(27)20-15-6-3-4-8-17(15)23-18-9-5-7-16(18)20/h3-4,6,8H,2,5,7,9-14H2,1H3. The summed E-state index contributed by atoms with van der Waals surface area (Å²) in [4.78, 5) is 45.1. The molecule has 2 aliphatic rings. The third-order valence-electron chi connectivity index (χ3n) is 5.61. The van der Waals surface area contributed by atoms with Crippen molar-refractivity contribution in [3.05, 3.63) is 41.1 Å². The first-order chi connectivity index (χ1) is 14.6. The van der Waals surface area contributed by atoms with E-state index in [1.807, 2.05) is 24.3 Å². The number of piperazine rings is 1. The topological polar surface area (TPSA) is 89.0 Å². The van der Waals surface area contributed by atoms with Gasteiger partial charge in [0.2, 0.25) is 0 Å². The molecule has 0 bridgehead atoms. The van der Waals surface area contributed by atoms with Gasteiger partial charge in [0.15, 0.2) is 6.61 Å². The highest BCUT2D eigenvalue weighted by Gasteiger charge is 2.28. The second kappa shape index (κ2) is 8.69. The first-order valence-electron chi connectivity index (χ1n) is 10.4. The smallest absolute Gasteiger partial charge is 0.409 e. The van der Waals surface area contributed by atoms with Crippen molar-refractivity contribution < 1.29 is 23.9 Å². The van der Waals surface area contributed by atoms with Gasteiger partial charge in [-0.25, -0.2) is 9.59 Å². The minimum absolute atomic E-state index is 0.262. The highest BCUT2D eigenvalue weighted by Crippen LogP contribution is 2.30. The molecule has 0 radical (unpaired) electrons. The van der Waals surface area contributed by atoms with Crippen LogP contribution in [0.5, 0.6) is 0 Å². The van der Waals surface area contributed by atoms with Crippen molar-refractivity contribution in [1.29, 1.82) is 0 Å². The molecule has 30 heavy (non-hydrogen) atoms. The lowest BCUT2D eigenvalue weighted by Gasteiger charge is -2.33. The van der Waals surface area contributed by atoms with E-state index >= 15 is 0 Å². The van der Waals surface area contributed by atoms with Crippen LogP contribution in [0.4, 0.5) is 4.79 Å². The molecule has 4 rings (SSSR count). The minimum Gasteiger partial charge on any atom is -0.452 e. The van der Waals surface area contributed by atoms with Crippen molar-refractivity contribution in [3.63, 3.8) is 0 Å². The monoisotopic (exact) mass is 411 g/mol. The number of nitrogens with zero attached hydrogens (tertiary/aromatic N) is 3. The second-order valence-corrected chi connectivity index (χ2v) is 7.43. The lowest BCUT2D eigenvalue weighted by molar-refractivity contribution is -0.136. The number of carbonyl (C=O) groups excluding carboxylic acids is 3. The predicted octanol–water partition coefficient (Wildman–Crippen LogP) is 2.18. The van der Waals surface area contributed by atoms with E-state index < -0.39 is 5.97 Å². The van der Waals surface area contributed by atoms with Gasteiger partial charge in [0.25, 0.3) is 5.91 Å². The molecule has 1 saturated heterocycles. The lowest BCUT2D eigenvalue weighted by Crippen LogP contribution is -2.51. The molecule has 8 heteroatoms. The highest BCUT2D eigenvalue weighted by atomic mass is 16.6. The Morgan fingerprint density at radius 1 is 1.00 bits per heavy atom. The molecule has 0 saturated carbocycles. The number of carbonyl (C=O) groups is 3. The summed E-state index contributed by atoms with van der Waals surface area (Å²) in [6.45, 7) is 3.35. The molecule has 1 aliphatic heterocycles. The Kier molecular flexibility index (Phi) is 5.83. The second-order valence-electron chi connectivity index (χ2n) is 7.43. The summed E-state index contributed by atoms with van der Waals surface area (Å²) in [6.07, 6.45) is 2.24. The fraction of sp³-hybridized carbons (Fsp3) is 0.455. The first kappa shape index (κ1) is 20.1. The molecule has 1 fully saturated rings. The number of amides is 2. The Bertz CT molecular complexity index is 982. The number of aromatic nitrogens is 1. The van der Waals surface area contributed by atoms with Gasteiger partial charge in [-0.15, -0.1) is 0 Å². The van der Waals surface area contributed by atoms with Crippen molar-refractivity contribution in [2.45, 2.75) is 26.2 Å². The third kappa shape index (κ3) is 3.94. The molecule has 2 amide bonds. The number of benzene rings is 1. The average molecular weight is 411 g/mol. The molecule has 158 valence electrons. The van der Waals surface area contributed by atoms with Gasteiger partial charge >= 0.3 is 12.1 Å². The van der Waals surface area contributed by atoms with E-state index in [0.717, 1.165) is 41.4 Å². The van der Waals surface area contributed by atoms with Crippen LogP contribution < -0.4 is 0 Å². The van der Waals surface area contributed by atoms with Crippen molar-refractivity contribution in [1.82, 2.24) is 14.8 Å². The molecule has 1 aromatic heterocycles. The number of rotatable bonds is 4. The average Bonchev–Trinajstić information content (AvgIpc) is 3.23. The van der Waals surface area contributed by atoms with Crippen LogP contribution in [0.25, 0.3) is 10.9 Å². The van der Waals surface area contributed by atoms with E-state index in [-0.39, 0.29) is 18.6 Å². The summed E-state index contributed by atoms with van der Waals surface area (Å²) in [5.74, 6) is -0.743. The van der Waals surface area contributed by atoms with Crippen LogP contribution >= 0.6 is 0 Å². The molecular weight excluding hydrogens is 386 g/mol. The lowest BCUT2D eigenvalue weighted by atomic mass is 10.0. The van der Waals surface area contributed by atoms with Crippen LogP contribution in [0.1, 0.15) is 35.0 Å². The third-order valence-corrected chi connectivity index (χ3v) is 5.61. The number of aryl methyl sites for hydroxylation is 1. The number of hydrogen-bond acceptors (Lipinski definition) is 6. The summed E-state index contributed by atoms with van der Waals surface area (Å²) in [5, 5.41) is 0.763. The molecule has 0 N–H and O–H groups in total. The molecule has 1 aromatic carbocycles. The van der Waals surface area contributed by atoms with E-state index in [9.17, 15) is 14.4 Å². The van der Waals surface area contributed by atoms with E-state index in [0.29, 0.717) is 38.3 Å². The van der Waals surface area contributed by atoms with Crippen LogP contribution in [-0.4, -0.2) is 72.1 Å². The van der Waals surface area contributed by atoms with Crippen LogP contribution in [0.3, 0.4) is 0 Å². The van der Waals surface area contributed by atoms with E-state index in [4.69, 9.17) is 9.47 Å². The van der Waals surface area contributed by atoms with Gasteiger partial charge in [-0.1, -0.05) is 18.2 Å². The van der Waals surface area contributed by atoms with Gasteiger partial charge in [-0.05, 0) is 37.8 Å². The number of pyridine rings is 1. The predicted molar refractivity (Wildman–Crippen MR) is 109 cm³/mol. The summed E-state index contributed by atoms with van der Waals surface area (Å²) in [6, 6.07) is 7.52. The zero-order chi connectivity index (χ0) is 21.1. The summed E-state index contributed by atoms with van der Waals surface area (Å²) >= 11 is 0. The fourth-order valence-electron chi connectivity index (χ4n) is 4.09. The molecule has 0 atom stereocenters. The summed E-state index contributed by atoms with van der Waals surface area (Å²) in [7, 11) is 0.